The predicted octanol–water partition coefficient (Wildman–Crippen LogP) is 3.81. The van der Waals surface area contributed by atoms with Crippen LogP contribution in [0.5, 0.6) is 0 Å². The molecule has 0 aliphatic carbocycles. The van der Waals surface area contributed by atoms with Crippen molar-refractivity contribution in [2.24, 2.45) is 5.41 Å². The van der Waals surface area contributed by atoms with Crippen molar-refractivity contribution in [3.05, 3.63) is 71.8 Å². The first-order valence-corrected chi connectivity index (χ1v) is 8.64. The summed E-state index contributed by atoms with van der Waals surface area (Å²) in [5.74, 6) is -1.23. The highest BCUT2D eigenvalue weighted by molar-refractivity contribution is 6.38. The lowest BCUT2D eigenvalue weighted by Gasteiger charge is -2.20. The van der Waals surface area contributed by atoms with Crippen molar-refractivity contribution >= 4 is 33.6 Å². The van der Waals surface area contributed by atoms with Crippen LogP contribution in [0.25, 0.3) is 11.1 Å². The van der Waals surface area contributed by atoms with Crippen LogP contribution in [0, 0.1) is 5.41 Å². The Kier molecular flexibility index (Phi) is 6.52. The summed E-state index contributed by atoms with van der Waals surface area (Å²) < 4.78 is 10.3. The zero-order chi connectivity index (χ0) is 19.2. The second-order valence-corrected chi connectivity index (χ2v) is 7.21. The minimum absolute atomic E-state index is 0.144. The van der Waals surface area contributed by atoms with Crippen molar-refractivity contribution in [2.75, 3.05) is 6.61 Å². The van der Waals surface area contributed by atoms with Crippen LogP contribution in [0.3, 0.4) is 0 Å². The zero-order valence-corrected chi connectivity index (χ0v) is 16.1. The molecular formula is C21H21O4Si. The van der Waals surface area contributed by atoms with Gasteiger partial charge in [-0.3, -0.25) is 0 Å². The van der Waals surface area contributed by atoms with E-state index >= 15 is 0 Å². The van der Waals surface area contributed by atoms with Crippen molar-refractivity contribution in [3.63, 3.8) is 0 Å². The topological polar surface area (TPSA) is 52.6 Å². The molecule has 0 bridgehead atoms. The van der Waals surface area contributed by atoms with Crippen LogP contribution in [0.2, 0.25) is 0 Å². The molecular weight excluding hydrogens is 344 g/mol. The predicted molar refractivity (Wildman–Crippen MR) is 102 cm³/mol. The van der Waals surface area contributed by atoms with Gasteiger partial charge in [0.15, 0.2) is 0 Å². The summed E-state index contributed by atoms with van der Waals surface area (Å²) in [6, 6.07) is 17.9. The van der Waals surface area contributed by atoms with Gasteiger partial charge in [-0.15, -0.1) is 0 Å². The molecule has 0 aliphatic heterocycles. The second-order valence-electron chi connectivity index (χ2n) is 7.01. The summed E-state index contributed by atoms with van der Waals surface area (Å²) in [5, 5.41) is 0. The van der Waals surface area contributed by atoms with Crippen molar-refractivity contribution in [1.29, 1.82) is 0 Å². The standard InChI is InChI=1S/C21H21O4Si/c1-21(2,3)14-24-19(22)17(15-10-6-4-7-11-15)18(20(23)25-26)16-12-8-5-9-13-16/h4-13H,14H2,1-3H3/b18-17-. The van der Waals surface area contributed by atoms with E-state index in [1.54, 1.807) is 48.5 Å². The fraction of sp³-hybridized carbons (Fsp3) is 0.238. The summed E-state index contributed by atoms with van der Waals surface area (Å²) in [4.78, 5) is 25.4. The van der Waals surface area contributed by atoms with Crippen LogP contribution in [0.15, 0.2) is 60.7 Å². The number of carbonyl (C=O) groups excluding carboxylic acids is 2. The number of carbonyl (C=O) groups is 2. The number of benzene rings is 2. The van der Waals surface area contributed by atoms with E-state index in [2.05, 4.69) is 10.5 Å². The molecule has 0 heterocycles. The van der Waals surface area contributed by atoms with Gasteiger partial charge in [-0.25, -0.2) is 9.59 Å². The Morgan fingerprint density at radius 1 is 0.808 bits per heavy atom. The van der Waals surface area contributed by atoms with Crippen LogP contribution < -0.4 is 0 Å². The van der Waals surface area contributed by atoms with Crippen molar-refractivity contribution in [1.82, 2.24) is 0 Å². The highest BCUT2D eigenvalue weighted by Crippen LogP contribution is 2.29. The molecule has 0 amide bonds. The number of hydrogen-bond acceptors (Lipinski definition) is 4. The third-order valence-corrected chi connectivity index (χ3v) is 3.70. The average molecular weight is 365 g/mol. The Labute approximate surface area is 157 Å². The molecule has 0 saturated carbocycles. The molecule has 3 radical (unpaired) electrons. The lowest BCUT2D eigenvalue weighted by atomic mass is 9.94. The Morgan fingerprint density at radius 3 is 1.62 bits per heavy atom. The fourth-order valence-corrected chi connectivity index (χ4v) is 2.45. The van der Waals surface area contributed by atoms with E-state index in [1.165, 1.54) is 0 Å². The molecule has 26 heavy (non-hydrogen) atoms. The second kappa shape index (κ2) is 8.63. The molecule has 4 nitrogen and oxygen atoms in total. The van der Waals surface area contributed by atoms with Gasteiger partial charge in [0, 0.05) is 0 Å². The van der Waals surface area contributed by atoms with Gasteiger partial charge in [-0.1, -0.05) is 81.4 Å². The molecule has 0 fully saturated rings. The van der Waals surface area contributed by atoms with E-state index in [1.807, 2.05) is 32.9 Å². The minimum Gasteiger partial charge on any atom is -0.513 e. The lowest BCUT2D eigenvalue weighted by molar-refractivity contribution is -0.139. The van der Waals surface area contributed by atoms with E-state index in [9.17, 15) is 9.59 Å². The average Bonchev–Trinajstić information content (AvgIpc) is 2.64. The van der Waals surface area contributed by atoms with E-state index in [0.717, 1.165) is 0 Å². The molecule has 2 aromatic rings. The highest BCUT2D eigenvalue weighted by Gasteiger charge is 2.26. The fourth-order valence-electron chi connectivity index (χ4n) is 2.34. The normalized spacial score (nSPS) is 12.2. The van der Waals surface area contributed by atoms with Gasteiger partial charge in [0.2, 0.25) is 0 Å². The highest BCUT2D eigenvalue weighted by atomic mass is 28.2. The van der Waals surface area contributed by atoms with E-state index in [-0.39, 0.29) is 23.2 Å². The third-order valence-electron chi connectivity index (χ3n) is 3.51. The van der Waals surface area contributed by atoms with Gasteiger partial charge in [-0.05, 0) is 16.5 Å². The molecule has 0 aliphatic rings. The van der Waals surface area contributed by atoms with Gasteiger partial charge in [-0.2, -0.15) is 0 Å². The maximum Gasteiger partial charge on any atom is 0.345 e. The van der Waals surface area contributed by atoms with E-state index < -0.39 is 11.9 Å². The molecule has 0 spiro atoms. The number of hydrogen-bond donors (Lipinski definition) is 0. The SMILES string of the molecule is CC(C)(C)COC(=O)/C(=C(\C(=O)O[Si])c1ccccc1)c1ccccc1. The molecule has 0 saturated heterocycles. The summed E-state index contributed by atoms with van der Waals surface area (Å²) in [6.45, 7) is 6.14. The first-order chi connectivity index (χ1) is 12.3. The maximum absolute atomic E-state index is 12.9. The zero-order valence-electron chi connectivity index (χ0n) is 15.1. The Morgan fingerprint density at radius 2 is 1.23 bits per heavy atom. The van der Waals surface area contributed by atoms with Crippen LogP contribution in [-0.4, -0.2) is 29.0 Å². The van der Waals surface area contributed by atoms with Crippen molar-refractivity contribution in [2.45, 2.75) is 20.8 Å². The monoisotopic (exact) mass is 365 g/mol. The molecule has 0 atom stereocenters. The van der Waals surface area contributed by atoms with Crippen LogP contribution >= 0.6 is 0 Å². The summed E-state index contributed by atoms with van der Waals surface area (Å²) in [5.41, 5.74) is 1.28. The van der Waals surface area contributed by atoms with Crippen LogP contribution in [-0.2, 0) is 18.8 Å². The number of rotatable bonds is 5. The minimum atomic E-state index is -0.667. The van der Waals surface area contributed by atoms with Gasteiger partial charge in [0.05, 0.1) is 17.8 Å². The van der Waals surface area contributed by atoms with Crippen LogP contribution in [0.4, 0.5) is 0 Å². The Balaban J connectivity index is 2.64. The maximum atomic E-state index is 12.9. The Bertz CT molecular complexity index is 790. The lowest BCUT2D eigenvalue weighted by Crippen LogP contribution is -2.21. The third kappa shape index (κ3) is 5.16. The largest absolute Gasteiger partial charge is 0.513 e. The first-order valence-electron chi connectivity index (χ1n) is 8.23. The summed E-state index contributed by atoms with van der Waals surface area (Å²) in [6.07, 6.45) is 0. The molecule has 0 unspecified atom stereocenters. The van der Waals surface area contributed by atoms with Gasteiger partial charge in [0.25, 0.3) is 0 Å². The first kappa shape index (κ1) is 19.7. The van der Waals surface area contributed by atoms with E-state index in [4.69, 9.17) is 9.16 Å². The number of esters is 1. The van der Waals surface area contributed by atoms with Crippen LogP contribution in [0.1, 0.15) is 31.9 Å². The van der Waals surface area contributed by atoms with Crippen molar-refractivity contribution in [3.8, 4) is 0 Å². The summed E-state index contributed by atoms with van der Waals surface area (Å²) >= 11 is 0. The van der Waals surface area contributed by atoms with Gasteiger partial charge >= 0.3 is 22.4 Å². The summed E-state index contributed by atoms with van der Waals surface area (Å²) in [7, 11) is 2.79. The quantitative estimate of drug-likeness (QED) is 0.350. The molecule has 2 aromatic carbocycles. The van der Waals surface area contributed by atoms with Gasteiger partial charge in [0.1, 0.15) is 0 Å². The van der Waals surface area contributed by atoms with Crippen molar-refractivity contribution < 1.29 is 18.8 Å². The molecule has 0 aromatic heterocycles. The van der Waals surface area contributed by atoms with Gasteiger partial charge < -0.3 is 9.16 Å². The van der Waals surface area contributed by atoms with E-state index in [0.29, 0.717) is 11.1 Å². The molecule has 0 N–H and O–H groups in total. The number of ether oxygens (including phenoxy) is 1. The molecule has 5 heteroatoms. The smallest absolute Gasteiger partial charge is 0.345 e. The molecule has 133 valence electrons. The molecule has 2 rings (SSSR count). The Hall–Kier alpha value is -2.66.